The van der Waals surface area contributed by atoms with Crippen LogP contribution in [-0.4, -0.2) is 30.8 Å². The Morgan fingerprint density at radius 2 is 1.81 bits per heavy atom. The molecule has 0 spiro atoms. The van der Waals surface area contributed by atoms with Crippen molar-refractivity contribution in [1.29, 1.82) is 5.26 Å². The molecule has 1 aliphatic heterocycles. The van der Waals surface area contributed by atoms with Crippen molar-refractivity contribution in [3.8, 4) is 23.1 Å². The Morgan fingerprint density at radius 3 is 2.44 bits per heavy atom. The summed E-state index contributed by atoms with van der Waals surface area (Å²) in [4.78, 5) is 30.3. The van der Waals surface area contributed by atoms with E-state index in [9.17, 15) is 20.0 Å². The van der Waals surface area contributed by atoms with E-state index in [1.807, 2.05) is 6.07 Å². The first-order valence-corrected chi connectivity index (χ1v) is 10.9. The number of hydrogen-bond acceptors (Lipinski definition) is 7. The first kappa shape index (κ1) is 21.7. The maximum absolute atomic E-state index is 12.9. The number of amides is 1. The van der Waals surface area contributed by atoms with Crippen molar-refractivity contribution in [3.63, 3.8) is 0 Å². The zero-order valence-corrected chi connectivity index (χ0v) is 18.7. The smallest absolute Gasteiger partial charge is 0.273 e. The maximum Gasteiger partial charge on any atom is 0.273 e. The molecule has 32 heavy (non-hydrogen) atoms. The Bertz CT molecular complexity index is 1290. The van der Waals surface area contributed by atoms with E-state index in [0.29, 0.717) is 10.6 Å². The number of hydrazine groups is 1. The van der Waals surface area contributed by atoms with Gasteiger partial charge in [-0.15, -0.1) is 11.8 Å². The number of phenols is 1. The van der Waals surface area contributed by atoms with Crippen LogP contribution in [-0.2, 0) is 11.8 Å². The van der Waals surface area contributed by atoms with Crippen molar-refractivity contribution in [1.82, 2.24) is 14.6 Å². The molecule has 2 unspecified atom stereocenters. The van der Waals surface area contributed by atoms with Crippen LogP contribution in [0.15, 0.2) is 53.3 Å². The van der Waals surface area contributed by atoms with Gasteiger partial charge in [0.1, 0.15) is 22.8 Å². The van der Waals surface area contributed by atoms with Crippen LogP contribution in [0.5, 0.6) is 5.75 Å². The first-order valence-electron chi connectivity index (χ1n) is 9.61. The fraction of sp³-hybridized carbons (Fsp3) is 0.182. The van der Waals surface area contributed by atoms with Crippen LogP contribution in [0.2, 0.25) is 5.02 Å². The fourth-order valence-electron chi connectivity index (χ4n) is 3.33. The second-order valence-electron chi connectivity index (χ2n) is 7.18. The minimum atomic E-state index is -0.538. The van der Waals surface area contributed by atoms with Gasteiger partial charge in [0.2, 0.25) is 5.95 Å². The Hall–Kier alpha value is -3.48. The standard InChI is InChI=1S/C22H18ClN5O3S/c1-12-19(30)28(21(32-12)14-5-9-16(29)10-6-14)26-22-25-18(13-3-7-15(23)8-4-13)17(11-24)20(31)27(22)2/h3-10,12,21,29H,1-2H3,(H,25,26). The molecule has 0 aliphatic carbocycles. The largest absolute Gasteiger partial charge is 0.508 e. The van der Waals surface area contributed by atoms with E-state index in [2.05, 4.69) is 10.4 Å². The van der Waals surface area contributed by atoms with Crippen LogP contribution in [0.1, 0.15) is 23.4 Å². The Labute approximate surface area is 193 Å². The summed E-state index contributed by atoms with van der Waals surface area (Å²) in [6.45, 7) is 1.80. The number of rotatable bonds is 4. The predicted molar refractivity (Wildman–Crippen MR) is 123 cm³/mol. The molecule has 162 valence electrons. The van der Waals surface area contributed by atoms with Gasteiger partial charge in [0.15, 0.2) is 0 Å². The number of phenolic OH excluding ortho intramolecular Hbond substituents is 1. The van der Waals surface area contributed by atoms with Gasteiger partial charge in [-0.25, -0.2) is 9.99 Å². The average Bonchev–Trinajstić information content (AvgIpc) is 3.06. The molecule has 2 N–H and O–H groups in total. The number of halogens is 1. The van der Waals surface area contributed by atoms with E-state index in [1.54, 1.807) is 55.5 Å². The highest BCUT2D eigenvalue weighted by Gasteiger charge is 2.39. The lowest BCUT2D eigenvalue weighted by Crippen LogP contribution is -2.38. The topological polar surface area (TPSA) is 111 Å². The van der Waals surface area contributed by atoms with Crippen molar-refractivity contribution in [3.05, 3.63) is 75.0 Å². The van der Waals surface area contributed by atoms with E-state index >= 15 is 0 Å². The SMILES string of the molecule is CC1SC(c2ccc(O)cc2)N(Nc2nc(-c3ccc(Cl)cc3)c(C#N)c(=O)n2C)C1=O. The van der Waals surface area contributed by atoms with Gasteiger partial charge < -0.3 is 5.11 Å². The number of nitrogens with zero attached hydrogens (tertiary/aromatic N) is 4. The maximum atomic E-state index is 12.9. The Morgan fingerprint density at radius 1 is 1.16 bits per heavy atom. The van der Waals surface area contributed by atoms with Gasteiger partial charge >= 0.3 is 0 Å². The van der Waals surface area contributed by atoms with Crippen molar-refractivity contribution in [2.24, 2.45) is 7.05 Å². The van der Waals surface area contributed by atoms with Crippen LogP contribution in [0.3, 0.4) is 0 Å². The van der Waals surface area contributed by atoms with E-state index in [1.165, 1.54) is 28.4 Å². The summed E-state index contributed by atoms with van der Waals surface area (Å²) in [6.07, 6.45) is 0. The van der Waals surface area contributed by atoms with Crippen LogP contribution in [0.25, 0.3) is 11.3 Å². The number of nitriles is 1. The molecule has 1 aliphatic rings. The molecule has 2 heterocycles. The van der Waals surface area contributed by atoms with Crippen molar-refractivity contribution in [2.75, 3.05) is 5.43 Å². The number of benzene rings is 2. The van der Waals surface area contributed by atoms with Gasteiger partial charge in [0.05, 0.1) is 10.9 Å². The van der Waals surface area contributed by atoms with E-state index < -0.39 is 10.9 Å². The third-order valence-electron chi connectivity index (χ3n) is 5.07. The minimum absolute atomic E-state index is 0.106. The molecular formula is C22H18ClN5O3S. The molecule has 2 aromatic carbocycles. The summed E-state index contributed by atoms with van der Waals surface area (Å²) in [5, 5.41) is 20.4. The molecule has 1 fully saturated rings. The zero-order valence-electron chi connectivity index (χ0n) is 17.1. The first-order chi connectivity index (χ1) is 15.3. The molecule has 4 rings (SSSR count). The molecule has 0 saturated carbocycles. The highest BCUT2D eigenvalue weighted by atomic mass is 35.5. The summed E-state index contributed by atoms with van der Waals surface area (Å²) in [5.74, 6) is 0.0601. The molecule has 0 radical (unpaired) electrons. The Balaban J connectivity index is 1.78. The number of hydrogen-bond donors (Lipinski definition) is 2. The van der Waals surface area contributed by atoms with Crippen molar-refractivity contribution < 1.29 is 9.90 Å². The number of anilines is 1. The summed E-state index contributed by atoms with van der Waals surface area (Å²) in [5.41, 5.74) is 3.89. The molecule has 2 atom stereocenters. The summed E-state index contributed by atoms with van der Waals surface area (Å²) in [6, 6.07) is 15.1. The summed E-state index contributed by atoms with van der Waals surface area (Å²) in [7, 11) is 1.48. The van der Waals surface area contributed by atoms with Gasteiger partial charge in [-0.2, -0.15) is 5.26 Å². The number of carbonyl (C=O) groups excluding carboxylic acids is 1. The lowest BCUT2D eigenvalue weighted by Gasteiger charge is -2.26. The van der Waals surface area contributed by atoms with Crippen LogP contribution < -0.4 is 11.0 Å². The van der Waals surface area contributed by atoms with Crippen LogP contribution >= 0.6 is 23.4 Å². The monoisotopic (exact) mass is 467 g/mol. The van der Waals surface area contributed by atoms with E-state index in [0.717, 1.165) is 5.56 Å². The third-order valence-corrected chi connectivity index (χ3v) is 6.67. The van der Waals surface area contributed by atoms with E-state index in [4.69, 9.17) is 11.6 Å². The van der Waals surface area contributed by atoms with Gasteiger partial charge in [-0.3, -0.25) is 19.6 Å². The number of aromatic nitrogens is 2. The molecule has 0 bridgehead atoms. The highest BCUT2D eigenvalue weighted by molar-refractivity contribution is 8.01. The zero-order chi connectivity index (χ0) is 23.0. The summed E-state index contributed by atoms with van der Waals surface area (Å²) < 4.78 is 1.20. The second-order valence-corrected chi connectivity index (χ2v) is 9.05. The predicted octanol–water partition coefficient (Wildman–Crippen LogP) is 3.67. The van der Waals surface area contributed by atoms with Gasteiger partial charge in [-0.05, 0) is 36.8 Å². The molecular weight excluding hydrogens is 450 g/mol. The molecule has 3 aromatic rings. The lowest BCUT2D eigenvalue weighted by atomic mass is 10.1. The van der Waals surface area contributed by atoms with Gasteiger partial charge in [0.25, 0.3) is 11.5 Å². The molecule has 10 heteroatoms. The number of nitrogens with one attached hydrogen (secondary N) is 1. The number of thioether (sulfide) groups is 1. The van der Waals surface area contributed by atoms with Gasteiger partial charge in [-0.1, -0.05) is 35.9 Å². The molecule has 8 nitrogen and oxygen atoms in total. The average molecular weight is 468 g/mol. The van der Waals surface area contributed by atoms with E-state index in [-0.39, 0.29) is 34.1 Å². The number of carbonyl (C=O) groups is 1. The molecule has 1 aromatic heterocycles. The minimum Gasteiger partial charge on any atom is -0.508 e. The molecule has 1 amide bonds. The second kappa shape index (κ2) is 8.57. The quantitative estimate of drug-likeness (QED) is 0.602. The normalized spacial score (nSPS) is 17.9. The fourth-order valence-corrected chi connectivity index (χ4v) is 4.67. The van der Waals surface area contributed by atoms with Crippen LogP contribution in [0, 0.1) is 11.3 Å². The highest BCUT2D eigenvalue weighted by Crippen LogP contribution is 2.43. The van der Waals surface area contributed by atoms with Crippen molar-refractivity contribution >= 4 is 35.2 Å². The van der Waals surface area contributed by atoms with Crippen molar-refractivity contribution in [2.45, 2.75) is 17.5 Å². The van der Waals surface area contributed by atoms with Crippen LogP contribution in [0.4, 0.5) is 5.95 Å². The van der Waals surface area contributed by atoms with Gasteiger partial charge in [0, 0.05) is 17.6 Å². The molecule has 1 saturated heterocycles. The lowest BCUT2D eigenvalue weighted by molar-refractivity contribution is -0.128. The number of aromatic hydroxyl groups is 1. The summed E-state index contributed by atoms with van der Waals surface area (Å²) >= 11 is 7.39. The Kier molecular flexibility index (Phi) is 5.82. The third kappa shape index (κ3) is 3.90.